The van der Waals surface area contributed by atoms with E-state index in [1.165, 1.54) is 38.1 Å². The zero-order valence-electron chi connectivity index (χ0n) is 16.7. The number of nitrogens with zero attached hydrogens (tertiary/aromatic N) is 3. The number of anilines is 2. The van der Waals surface area contributed by atoms with E-state index in [-0.39, 0.29) is 4.90 Å². The zero-order chi connectivity index (χ0) is 21.0. The standard InChI is InChI=1S/C21H26N6O2S/c22-30(28,29)19-8-6-18(7-9-19)25-21-24-15-17-5-3-4-16(20(17)26-21)14-23-10-13-27-11-1-2-12-27/h3-9,15,23H,1-2,10-14H2,(H2,22,28,29)(H,24,25,26). The lowest BCUT2D eigenvalue weighted by molar-refractivity contribution is 0.336. The number of nitrogens with two attached hydrogens (primary N) is 1. The second-order valence-corrected chi connectivity index (χ2v) is 9.03. The Bertz CT molecular complexity index is 1110. The molecule has 1 saturated heterocycles. The van der Waals surface area contributed by atoms with E-state index < -0.39 is 10.0 Å². The number of likely N-dealkylation sites (tertiary alicyclic amines) is 1. The smallest absolute Gasteiger partial charge is 0.238 e. The van der Waals surface area contributed by atoms with Crippen molar-refractivity contribution in [3.05, 3.63) is 54.2 Å². The van der Waals surface area contributed by atoms with Gasteiger partial charge in [-0.05, 0) is 55.8 Å². The highest BCUT2D eigenvalue weighted by Crippen LogP contribution is 2.20. The summed E-state index contributed by atoms with van der Waals surface area (Å²) in [6.07, 6.45) is 4.40. The Hall–Kier alpha value is -2.59. The van der Waals surface area contributed by atoms with E-state index in [0.717, 1.165) is 36.1 Å². The Morgan fingerprint density at radius 3 is 2.57 bits per heavy atom. The van der Waals surface area contributed by atoms with Crippen LogP contribution in [-0.2, 0) is 16.6 Å². The van der Waals surface area contributed by atoms with Gasteiger partial charge in [0.2, 0.25) is 16.0 Å². The van der Waals surface area contributed by atoms with Gasteiger partial charge < -0.3 is 15.5 Å². The molecule has 1 aliphatic heterocycles. The highest BCUT2D eigenvalue weighted by molar-refractivity contribution is 7.89. The molecule has 4 rings (SSSR count). The van der Waals surface area contributed by atoms with Crippen LogP contribution in [0.4, 0.5) is 11.6 Å². The molecule has 0 spiro atoms. The molecule has 1 aromatic heterocycles. The molecule has 0 radical (unpaired) electrons. The van der Waals surface area contributed by atoms with Crippen LogP contribution >= 0.6 is 0 Å². The normalized spacial score (nSPS) is 15.0. The Morgan fingerprint density at radius 1 is 1.07 bits per heavy atom. The lowest BCUT2D eigenvalue weighted by atomic mass is 10.1. The van der Waals surface area contributed by atoms with Gasteiger partial charge in [0.25, 0.3) is 0 Å². The lowest BCUT2D eigenvalue weighted by Gasteiger charge is -2.15. The predicted octanol–water partition coefficient (Wildman–Crippen LogP) is 2.21. The van der Waals surface area contributed by atoms with Crippen molar-refractivity contribution in [1.82, 2.24) is 20.2 Å². The number of benzene rings is 2. The van der Waals surface area contributed by atoms with E-state index in [9.17, 15) is 8.42 Å². The number of hydrogen-bond donors (Lipinski definition) is 3. The molecule has 8 nitrogen and oxygen atoms in total. The fourth-order valence-electron chi connectivity index (χ4n) is 3.64. The van der Waals surface area contributed by atoms with E-state index in [2.05, 4.69) is 31.6 Å². The van der Waals surface area contributed by atoms with Crippen LogP contribution in [0.1, 0.15) is 18.4 Å². The molecule has 2 heterocycles. The Balaban J connectivity index is 1.45. The van der Waals surface area contributed by atoms with Crippen LogP contribution in [-0.4, -0.2) is 49.5 Å². The summed E-state index contributed by atoms with van der Waals surface area (Å²) in [5.74, 6) is 0.454. The van der Waals surface area contributed by atoms with E-state index in [0.29, 0.717) is 11.6 Å². The number of aromatic nitrogens is 2. The second-order valence-electron chi connectivity index (χ2n) is 7.47. The first-order valence-corrected chi connectivity index (χ1v) is 11.6. The summed E-state index contributed by atoms with van der Waals surface area (Å²) in [7, 11) is -3.71. The molecule has 0 unspecified atom stereocenters. The number of fused-ring (bicyclic) bond motifs is 1. The number of rotatable bonds is 8. The summed E-state index contributed by atoms with van der Waals surface area (Å²) >= 11 is 0. The van der Waals surface area contributed by atoms with Crippen molar-refractivity contribution in [2.45, 2.75) is 24.3 Å². The summed E-state index contributed by atoms with van der Waals surface area (Å²) in [5, 5.41) is 12.8. The molecule has 9 heteroatoms. The zero-order valence-corrected chi connectivity index (χ0v) is 17.5. The van der Waals surface area contributed by atoms with Gasteiger partial charge in [0.05, 0.1) is 10.4 Å². The fraction of sp³-hybridized carbons (Fsp3) is 0.333. The maximum Gasteiger partial charge on any atom is 0.238 e. The van der Waals surface area contributed by atoms with Crippen molar-refractivity contribution in [1.29, 1.82) is 0 Å². The second kappa shape index (κ2) is 9.05. The molecule has 0 amide bonds. The van der Waals surface area contributed by atoms with E-state index in [1.54, 1.807) is 18.3 Å². The molecule has 1 aliphatic rings. The quantitative estimate of drug-likeness (QED) is 0.473. The third-order valence-electron chi connectivity index (χ3n) is 5.25. The van der Waals surface area contributed by atoms with Crippen molar-refractivity contribution >= 4 is 32.6 Å². The SMILES string of the molecule is NS(=O)(=O)c1ccc(Nc2ncc3cccc(CNCCN4CCCC4)c3n2)cc1. The van der Waals surface area contributed by atoms with Gasteiger partial charge in [-0.25, -0.2) is 23.5 Å². The van der Waals surface area contributed by atoms with Crippen LogP contribution in [0.3, 0.4) is 0 Å². The highest BCUT2D eigenvalue weighted by Gasteiger charge is 2.11. The minimum Gasteiger partial charge on any atom is -0.324 e. The molecule has 1 fully saturated rings. The number of primary sulfonamides is 1. The van der Waals surface area contributed by atoms with E-state index in [4.69, 9.17) is 5.14 Å². The van der Waals surface area contributed by atoms with Crippen molar-refractivity contribution < 1.29 is 8.42 Å². The number of para-hydroxylation sites is 1. The fourth-order valence-corrected chi connectivity index (χ4v) is 4.16. The molecular formula is C21H26N6O2S. The van der Waals surface area contributed by atoms with Crippen molar-refractivity contribution in [2.24, 2.45) is 5.14 Å². The van der Waals surface area contributed by atoms with Crippen LogP contribution in [0.2, 0.25) is 0 Å². The Morgan fingerprint density at radius 2 is 1.83 bits per heavy atom. The van der Waals surface area contributed by atoms with Crippen LogP contribution in [0.5, 0.6) is 0 Å². The molecule has 2 aromatic carbocycles. The first kappa shape index (κ1) is 20.7. The van der Waals surface area contributed by atoms with Gasteiger partial charge in [-0.15, -0.1) is 0 Å². The van der Waals surface area contributed by atoms with Gasteiger partial charge in [-0.1, -0.05) is 18.2 Å². The largest absolute Gasteiger partial charge is 0.324 e. The van der Waals surface area contributed by atoms with E-state index >= 15 is 0 Å². The molecule has 0 aliphatic carbocycles. The van der Waals surface area contributed by atoms with Crippen LogP contribution in [0.25, 0.3) is 10.9 Å². The highest BCUT2D eigenvalue weighted by atomic mass is 32.2. The molecule has 3 aromatic rings. The van der Waals surface area contributed by atoms with Gasteiger partial charge in [0, 0.05) is 36.9 Å². The average molecular weight is 427 g/mol. The Kier molecular flexibility index (Phi) is 6.24. The molecule has 158 valence electrons. The lowest BCUT2D eigenvalue weighted by Crippen LogP contribution is -2.29. The van der Waals surface area contributed by atoms with Crippen LogP contribution < -0.4 is 15.8 Å². The van der Waals surface area contributed by atoms with Crippen LogP contribution in [0.15, 0.2) is 53.6 Å². The molecule has 0 bridgehead atoms. The van der Waals surface area contributed by atoms with Crippen molar-refractivity contribution in [3.8, 4) is 0 Å². The van der Waals surface area contributed by atoms with Gasteiger partial charge in [0.1, 0.15) is 0 Å². The topological polar surface area (TPSA) is 113 Å². The number of sulfonamides is 1. The van der Waals surface area contributed by atoms with Crippen LogP contribution in [0, 0.1) is 0 Å². The van der Waals surface area contributed by atoms with Crippen molar-refractivity contribution in [2.75, 3.05) is 31.5 Å². The van der Waals surface area contributed by atoms with Gasteiger partial charge in [-0.2, -0.15) is 0 Å². The molecule has 0 atom stereocenters. The summed E-state index contributed by atoms with van der Waals surface area (Å²) in [4.78, 5) is 11.6. The molecule has 0 saturated carbocycles. The van der Waals surface area contributed by atoms with E-state index in [1.807, 2.05) is 12.1 Å². The third kappa shape index (κ3) is 5.11. The average Bonchev–Trinajstić information content (AvgIpc) is 3.25. The summed E-state index contributed by atoms with van der Waals surface area (Å²) in [5.41, 5.74) is 2.69. The Labute approximate surface area is 176 Å². The molecule has 4 N–H and O–H groups in total. The number of nitrogens with one attached hydrogen (secondary N) is 2. The minimum absolute atomic E-state index is 0.0646. The maximum atomic E-state index is 11.4. The monoisotopic (exact) mass is 426 g/mol. The summed E-state index contributed by atoms with van der Waals surface area (Å²) in [6.45, 7) is 5.17. The van der Waals surface area contributed by atoms with Gasteiger partial charge >= 0.3 is 0 Å². The summed E-state index contributed by atoms with van der Waals surface area (Å²) < 4.78 is 22.8. The maximum absolute atomic E-state index is 11.4. The third-order valence-corrected chi connectivity index (χ3v) is 6.18. The van der Waals surface area contributed by atoms with Gasteiger partial charge in [-0.3, -0.25) is 0 Å². The first-order valence-electron chi connectivity index (χ1n) is 10.1. The predicted molar refractivity (Wildman–Crippen MR) is 118 cm³/mol. The number of hydrogen-bond acceptors (Lipinski definition) is 7. The van der Waals surface area contributed by atoms with Gasteiger partial charge in [0.15, 0.2) is 0 Å². The summed E-state index contributed by atoms with van der Waals surface area (Å²) in [6, 6.07) is 12.3. The molecular weight excluding hydrogens is 400 g/mol. The first-order chi connectivity index (χ1) is 14.5. The van der Waals surface area contributed by atoms with Crippen molar-refractivity contribution in [3.63, 3.8) is 0 Å². The molecule has 30 heavy (non-hydrogen) atoms. The minimum atomic E-state index is -3.71.